The maximum absolute atomic E-state index is 12.7. The number of para-hydroxylation sites is 1. The Morgan fingerprint density at radius 2 is 1.71 bits per heavy atom. The lowest BCUT2D eigenvalue weighted by molar-refractivity contribution is -0.384. The summed E-state index contributed by atoms with van der Waals surface area (Å²) in [6, 6.07) is 20.8. The molecule has 0 heterocycles. The first-order chi connectivity index (χ1) is 16.3. The van der Waals surface area contributed by atoms with E-state index in [9.17, 15) is 20.0 Å². The van der Waals surface area contributed by atoms with E-state index in [1.165, 1.54) is 12.1 Å². The fourth-order valence-corrected chi connectivity index (χ4v) is 3.61. The van der Waals surface area contributed by atoms with Crippen molar-refractivity contribution in [1.29, 1.82) is 0 Å². The van der Waals surface area contributed by atoms with Gasteiger partial charge in [0.25, 0.3) is 5.69 Å². The Labute approximate surface area is 195 Å². The van der Waals surface area contributed by atoms with Gasteiger partial charge in [-0.2, -0.15) is 0 Å². The van der Waals surface area contributed by atoms with Gasteiger partial charge in [-0.3, -0.25) is 14.9 Å². The van der Waals surface area contributed by atoms with Crippen LogP contribution in [0.25, 0.3) is 10.8 Å². The minimum atomic E-state index is -0.501. The van der Waals surface area contributed by atoms with Gasteiger partial charge in [-0.1, -0.05) is 48.5 Å². The highest BCUT2D eigenvalue weighted by Gasteiger charge is 2.16. The fourth-order valence-electron chi connectivity index (χ4n) is 3.61. The van der Waals surface area contributed by atoms with Crippen LogP contribution in [-0.4, -0.2) is 15.9 Å². The number of nitrogens with zero attached hydrogens (tertiary/aromatic N) is 3. The monoisotopic (exact) mass is 454 g/mol. The summed E-state index contributed by atoms with van der Waals surface area (Å²) in [5.74, 6) is -0.442. The first-order valence-electron chi connectivity index (χ1n) is 10.6. The van der Waals surface area contributed by atoms with Crippen LogP contribution in [0.15, 0.2) is 83.0 Å². The van der Waals surface area contributed by atoms with E-state index < -0.39 is 4.92 Å². The highest BCUT2D eigenvalue weighted by Crippen LogP contribution is 2.40. The number of nitro groups is 1. The van der Waals surface area contributed by atoms with Crippen LogP contribution in [0.4, 0.5) is 22.7 Å². The van der Waals surface area contributed by atoms with Gasteiger partial charge in [0, 0.05) is 28.8 Å². The number of phenolic OH excluding ortho intramolecular Hbond substituents is 1. The molecule has 0 saturated carbocycles. The molecule has 1 amide bonds. The summed E-state index contributed by atoms with van der Waals surface area (Å²) in [4.78, 5) is 23.3. The lowest BCUT2D eigenvalue weighted by Gasteiger charge is -2.12. The third kappa shape index (κ3) is 4.75. The van der Waals surface area contributed by atoms with Crippen molar-refractivity contribution in [2.75, 3.05) is 5.32 Å². The van der Waals surface area contributed by atoms with E-state index in [0.717, 1.165) is 10.9 Å². The predicted octanol–water partition coefficient (Wildman–Crippen LogP) is 6.67. The van der Waals surface area contributed by atoms with Crippen molar-refractivity contribution in [3.8, 4) is 5.75 Å². The SMILES string of the molecule is Cc1ccc([N+](=O)[O-])cc1N=Nc1c(O)c(CC(=O)Nc2ccccc2C)cc2ccccc12. The number of carbonyl (C=O) groups is 1. The molecule has 0 radical (unpaired) electrons. The lowest BCUT2D eigenvalue weighted by atomic mass is 10.0. The summed E-state index contributed by atoms with van der Waals surface area (Å²) >= 11 is 0. The van der Waals surface area contributed by atoms with Gasteiger partial charge in [-0.25, -0.2) is 0 Å². The number of rotatable bonds is 6. The van der Waals surface area contributed by atoms with E-state index in [4.69, 9.17) is 0 Å². The number of carbonyl (C=O) groups excluding carboxylic acids is 1. The number of amides is 1. The summed E-state index contributed by atoms with van der Waals surface area (Å²) in [5, 5.41) is 34.9. The van der Waals surface area contributed by atoms with E-state index in [0.29, 0.717) is 27.9 Å². The maximum atomic E-state index is 12.7. The molecule has 4 rings (SSSR count). The van der Waals surface area contributed by atoms with E-state index in [1.807, 2.05) is 49.4 Å². The van der Waals surface area contributed by atoms with Gasteiger partial charge in [0.2, 0.25) is 5.91 Å². The highest BCUT2D eigenvalue weighted by molar-refractivity contribution is 5.99. The van der Waals surface area contributed by atoms with E-state index in [-0.39, 0.29) is 29.5 Å². The van der Waals surface area contributed by atoms with Crippen molar-refractivity contribution in [2.24, 2.45) is 10.2 Å². The van der Waals surface area contributed by atoms with Crippen LogP contribution < -0.4 is 5.32 Å². The van der Waals surface area contributed by atoms with E-state index in [2.05, 4.69) is 15.5 Å². The Bertz CT molecular complexity index is 1450. The van der Waals surface area contributed by atoms with Crippen LogP contribution in [0, 0.1) is 24.0 Å². The summed E-state index contributed by atoms with van der Waals surface area (Å²) < 4.78 is 0. The molecule has 0 aliphatic heterocycles. The van der Waals surface area contributed by atoms with Crippen molar-refractivity contribution in [3.05, 3.63) is 99.6 Å². The van der Waals surface area contributed by atoms with Crippen LogP contribution in [-0.2, 0) is 11.2 Å². The normalized spacial score (nSPS) is 11.1. The van der Waals surface area contributed by atoms with Gasteiger partial charge >= 0.3 is 0 Å². The number of non-ortho nitro benzene ring substituents is 1. The number of aryl methyl sites for hydroxylation is 2. The van der Waals surface area contributed by atoms with Gasteiger partial charge in [-0.15, -0.1) is 10.2 Å². The lowest BCUT2D eigenvalue weighted by Crippen LogP contribution is -2.15. The number of hydrogen-bond donors (Lipinski definition) is 2. The van der Waals surface area contributed by atoms with Crippen molar-refractivity contribution < 1.29 is 14.8 Å². The van der Waals surface area contributed by atoms with Gasteiger partial charge in [-0.05, 0) is 42.5 Å². The quantitative estimate of drug-likeness (QED) is 0.192. The van der Waals surface area contributed by atoms with Gasteiger partial charge in [0.1, 0.15) is 11.4 Å². The zero-order valence-corrected chi connectivity index (χ0v) is 18.6. The van der Waals surface area contributed by atoms with Crippen LogP contribution in [0.2, 0.25) is 0 Å². The first kappa shape index (κ1) is 22.6. The number of benzene rings is 4. The Hall–Kier alpha value is -4.59. The smallest absolute Gasteiger partial charge is 0.271 e. The molecule has 2 N–H and O–H groups in total. The summed E-state index contributed by atoms with van der Waals surface area (Å²) in [6.45, 7) is 3.67. The molecule has 0 spiro atoms. The van der Waals surface area contributed by atoms with Crippen LogP contribution >= 0.6 is 0 Å². The summed E-state index contributed by atoms with van der Waals surface area (Å²) in [7, 11) is 0. The number of azo groups is 1. The average molecular weight is 454 g/mol. The van der Waals surface area contributed by atoms with Crippen LogP contribution in [0.5, 0.6) is 5.75 Å². The predicted molar refractivity (Wildman–Crippen MR) is 131 cm³/mol. The van der Waals surface area contributed by atoms with Crippen LogP contribution in [0.3, 0.4) is 0 Å². The second-order valence-corrected chi connectivity index (χ2v) is 7.92. The molecule has 0 aliphatic carbocycles. The Morgan fingerprint density at radius 3 is 2.47 bits per heavy atom. The molecule has 0 unspecified atom stereocenters. The van der Waals surface area contributed by atoms with Gasteiger partial charge in [0.15, 0.2) is 0 Å². The van der Waals surface area contributed by atoms with Crippen molar-refractivity contribution in [3.63, 3.8) is 0 Å². The van der Waals surface area contributed by atoms with Gasteiger partial charge < -0.3 is 10.4 Å². The molecule has 0 saturated heterocycles. The summed E-state index contributed by atoms with van der Waals surface area (Å²) in [5.41, 5.74) is 3.15. The Morgan fingerprint density at radius 1 is 0.971 bits per heavy atom. The number of nitro benzene ring substituents is 1. The average Bonchev–Trinajstić information content (AvgIpc) is 2.81. The molecular weight excluding hydrogens is 432 g/mol. The van der Waals surface area contributed by atoms with E-state index >= 15 is 0 Å². The third-order valence-corrected chi connectivity index (χ3v) is 5.51. The number of nitrogens with one attached hydrogen (secondary N) is 1. The minimum absolute atomic E-state index is 0.0661. The molecule has 0 fully saturated rings. The molecule has 4 aromatic carbocycles. The first-order valence-corrected chi connectivity index (χ1v) is 10.6. The van der Waals surface area contributed by atoms with Gasteiger partial charge in [0.05, 0.1) is 17.0 Å². The van der Waals surface area contributed by atoms with Crippen molar-refractivity contribution in [2.45, 2.75) is 20.3 Å². The van der Waals surface area contributed by atoms with Crippen molar-refractivity contribution >= 4 is 39.4 Å². The standard InChI is InChI=1S/C26H22N4O4/c1-16-7-3-6-10-22(16)27-24(31)14-19-13-18-8-4-5-9-21(18)25(26(19)32)29-28-23-15-20(30(33)34)12-11-17(23)2/h3-13,15,32H,14H2,1-2H3,(H,27,31). The largest absolute Gasteiger partial charge is 0.505 e. The number of hydrogen-bond acceptors (Lipinski definition) is 6. The number of phenols is 1. The molecule has 34 heavy (non-hydrogen) atoms. The number of fused-ring (bicyclic) bond motifs is 1. The third-order valence-electron chi connectivity index (χ3n) is 5.51. The highest BCUT2D eigenvalue weighted by atomic mass is 16.6. The molecule has 8 heteroatoms. The Kier molecular flexibility index (Phi) is 6.31. The van der Waals surface area contributed by atoms with E-state index in [1.54, 1.807) is 25.1 Å². The molecule has 0 atom stereocenters. The Balaban J connectivity index is 1.71. The molecule has 0 bridgehead atoms. The molecule has 170 valence electrons. The molecule has 0 aromatic heterocycles. The topological polar surface area (TPSA) is 117 Å². The molecule has 8 nitrogen and oxygen atoms in total. The van der Waals surface area contributed by atoms with Crippen molar-refractivity contribution in [1.82, 2.24) is 0 Å². The fraction of sp³-hybridized carbons (Fsp3) is 0.115. The van der Waals surface area contributed by atoms with Crippen LogP contribution in [0.1, 0.15) is 16.7 Å². The zero-order chi connectivity index (χ0) is 24.2. The molecule has 0 aliphatic rings. The zero-order valence-electron chi connectivity index (χ0n) is 18.6. The molecular formula is C26H22N4O4. The second-order valence-electron chi connectivity index (χ2n) is 7.92. The number of aromatic hydroxyl groups is 1. The number of anilines is 1. The molecule has 4 aromatic rings. The maximum Gasteiger partial charge on any atom is 0.271 e. The minimum Gasteiger partial charge on any atom is -0.505 e. The summed E-state index contributed by atoms with van der Waals surface area (Å²) in [6.07, 6.45) is -0.0661. The second kappa shape index (κ2) is 9.50.